The number of nitrogens with zero attached hydrogens (tertiary/aromatic N) is 1. The van der Waals surface area contributed by atoms with Gasteiger partial charge < -0.3 is 5.32 Å². The van der Waals surface area contributed by atoms with Crippen LogP contribution >= 0.6 is 15.9 Å². The second kappa shape index (κ2) is 4.99. The summed E-state index contributed by atoms with van der Waals surface area (Å²) in [7, 11) is 0. The summed E-state index contributed by atoms with van der Waals surface area (Å²) in [5, 5.41) is 12.1. The number of nitriles is 1. The maximum Gasteiger partial charge on any atom is 0.0622 e. The number of hydrogen-bond acceptors (Lipinski definition) is 2. The van der Waals surface area contributed by atoms with E-state index in [0.717, 1.165) is 17.4 Å². The maximum absolute atomic E-state index is 8.48. The van der Waals surface area contributed by atoms with Gasteiger partial charge in [0.1, 0.15) is 0 Å². The van der Waals surface area contributed by atoms with Gasteiger partial charge in [0.15, 0.2) is 0 Å². The van der Waals surface area contributed by atoms with Crippen LogP contribution in [0.1, 0.15) is 31.2 Å². The zero-order chi connectivity index (χ0) is 11.4. The molecule has 2 nitrogen and oxygen atoms in total. The summed E-state index contributed by atoms with van der Waals surface area (Å²) in [5.41, 5.74) is 1.55. The fraction of sp³-hybridized carbons (Fsp3) is 0.462. The van der Waals surface area contributed by atoms with Gasteiger partial charge in [0.05, 0.1) is 6.07 Å². The lowest BCUT2D eigenvalue weighted by molar-refractivity contribution is 0.511. The van der Waals surface area contributed by atoms with E-state index in [1.165, 1.54) is 18.4 Å². The van der Waals surface area contributed by atoms with Crippen LogP contribution in [-0.2, 0) is 5.54 Å². The number of nitrogens with one attached hydrogen (secondary N) is 1. The zero-order valence-corrected chi connectivity index (χ0v) is 10.8. The Labute approximate surface area is 105 Å². The predicted octanol–water partition coefficient (Wildman–Crippen LogP) is 3.33. The van der Waals surface area contributed by atoms with Crippen molar-refractivity contribution in [1.29, 1.82) is 5.26 Å². The third-order valence-corrected chi connectivity index (χ3v) is 3.55. The molecule has 1 aliphatic carbocycles. The van der Waals surface area contributed by atoms with Crippen molar-refractivity contribution in [3.63, 3.8) is 0 Å². The Hall–Kier alpha value is -0.850. The van der Waals surface area contributed by atoms with Crippen molar-refractivity contribution in [2.75, 3.05) is 6.54 Å². The van der Waals surface area contributed by atoms with E-state index in [-0.39, 0.29) is 5.54 Å². The van der Waals surface area contributed by atoms with Gasteiger partial charge in [0.2, 0.25) is 0 Å². The standard InChI is InChI=1S/C13H15BrN2/c14-12-5-3-4-11(10-12)13(6-7-13)16-9-2-1-8-15/h3-5,10,16H,1-2,6-7,9H2. The van der Waals surface area contributed by atoms with Crippen LogP contribution < -0.4 is 5.32 Å². The number of rotatable bonds is 5. The molecule has 1 saturated carbocycles. The molecule has 1 fully saturated rings. The van der Waals surface area contributed by atoms with Crippen LogP contribution in [0.15, 0.2) is 28.7 Å². The molecule has 0 unspecified atom stereocenters. The highest BCUT2D eigenvalue weighted by Crippen LogP contribution is 2.45. The molecule has 84 valence electrons. The van der Waals surface area contributed by atoms with Crippen molar-refractivity contribution in [2.45, 2.75) is 31.2 Å². The lowest BCUT2D eigenvalue weighted by atomic mass is 10.0. The van der Waals surface area contributed by atoms with Gasteiger partial charge in [-0.05, 0) is 43.5 Å². The van der Waals surface area contributed by atoms with Crippen LogP contribution in [0.3, 0.4) is 0 Å². The average molecular weight is 279 g/mol. The van der Waals surface area contributed by atoms with Crippen molar-refractivity contribution in [1.82, 2.24) is 5.32 Å². The molecule has 3 heteroatoms. The Morgan fingerprint density at radius 1 is 1.44 bits per heavy atom. The molecule has 1 N–H and O–H groups in total. The fourth-order valence-electron chi connectivity index (χ4n) is 1.97. The van der Waals surface area contributed by atoms with Crippen LogP contribution in [0.2, 0.25) is 0 Å². The van der Waals surface area contributed by atoms with E-state index in [4.69, 9.17) is 5.26 Å². The molecule has 0 amide bonds. The summed E-state index contributed by atoms with van der Waals surface area (Å²) in [6, 6.07) is 10.7. The van der Waals surface area contributed by atoms with E-state index < -0.39 is 0 Å². The normalized spacial score (nSPS) is 16.8. The third kappa shape index (κ3) is 2.63. The summed E-state index contributed by atoms with van der Waals surface area (Å²) < 4.78 is 1.13. The second-order valence-corrected chi connectivity index (χ2v) is 5.20. The first-order chi connectivity index (χ1) is 7.77. The van der Waals surface area contributed by atoms with Crippen molar-refractivity contribution >= 4 is 15.9 Å². The van der Waals surface area contributed by atoms with E-state index >= 15 is 0 Å². The lowest BCUT2D eigenvalue weighted by Gasteiger charge is -2.17. The molecule has 1 aliphatic rings. The SMILES string of the molecule is N#CCCCNC1(c2cccc(Br)c2)CC1. The molecule has 0 heterocycles. The van der Waals surface area contributed by atoms with Gasteiger partial charge in [-0.2, -0.15) is 5.26 Å². The zero-order valence-electron chi connectivity index (χ0n) is 9.17. The molecule has 0 aliphatic heterocycles. The minimum absolute atomic E-state index is 0.194. The van der Waals surface area contributed by atoms with Crippen LogP contribution in [0.5, 0.6) is 0 Å². The highest BCUT2D eigenvalue weighted by Gasteiger charge is 2.43. The van der Waals surface area contributed by atoms with Crippen LogP contribution in [0.25, 0.3) is 0 Å². The van der Waals surface area contributed by atoms with Crippen molar-refractivity contribution in [3.05, 3.63) is 34.3 Å². The van der Waals surface area contributed by atoms with E-state index in [9.17, 15) is 0 Å². The van der Waals surface area contributed by atoms with Crippen LogP contribution in [0.4, 0.5) is 0 Å². The van der Waals surface area contributed by atoms with E-state index in [0.29, 0.717) is 6.42 Å². The molecule has 0 spiro atoms. The van der Waals surface area contributed by atoms with Gasteiger partial charge in [0, 0.05) is 16.4 Å². The number of halogens is 1. The summed E-state index contributed by atoms with van der Waals surface area (Å²) >= 11 is 3.50. The van der Waals surface area contributed by atoms with Crippen molar-refractivity contribution in [3.8, 4) is 6.07 Å². The Balaban J connectivity index is 1.95. The molecule has 2 rings (SSSR count). The quantitative estimate of drug-likeness (QED) is 0.839. The van der Waals surface area contributed by atoms with E-state index in [1.807, 2.05) is 0 Å². The topological polar surface area (TPSA) is 35.8 Å². The first kappa shape index (κ1) is 11.6. The van der Waals surface area contributed by atoms with Gasteiger partial charge in [-0.3, -0.25) is 0 Å². The van der Waals surface area contributed by atoms with Crippen molar-refractivity contribution < 1.29 is 0 Å². The molecule has 0 aromatic heterocycles. The van der Waals surface area contributed by atoms with Crippen LogP contribution in [0, 0.1) is 11.3 Å². The molecule has 0 atom stereocenters. The second-order valence-electron chi connectivity index (χ2n) is 4.28. The smallest absolute Gasteiger partial charge is 0.0622 e. The molecule has 1 aromatic carbocycles. The average Bonchev–Trinajstić information content (AvgIpc) is 3.06. The largest absolute Gasteiger partial charge is 0.307 e. The Morgan fingerprint density at radius 2 is 2.25 bits per heavy atom. The van der Waals surface area contributed by atoms with E-state index in [1.54, 1.807) is 0 Å². The van der Waals surface area contributed by atoms with E-state index in [2.05, 4.69) is 51.6 Å². The minimum atomic E-state index is 0.194. The van der Waals surface area contributed by atoms with Gasteiger partial charge >= 0.3 is 0 Å². The summed E-state index contributed by atoms with van der Waals surface area (Å²) in [6.45, 7) is 0.931. The fourth-order valence-corrected chi connectivity index (χ4v) is 2.37. The Kier molecular flexibility index (Phi) is 3.63. The number of hydrogen-bond donors (Lipinski definition) is 1. The minimum Gasteiger partial charge on any atom is -0.307 e. The Morgan fingerprint density at radius 3 is 2.88 bits per heavy atom. The Bertz CT molecular complexity index is 405. The maximum atomic E-state index is 8.48. The summed E-state index contributed by atoms with van der Waals surface area (Å²) in [5.74, 6) is 0. The molecule has 0 radical (unpaired) electrons. The van der Waals surface area contributed by atoms with Gasteiger partial charge in [-0.1, -0.05) is 28.1 Å². The summed E-state index contributed by atoms with van der Waals surface area (Å²) in [6.07, 6.45) is 3.99. The summed E-state index contributed by atoms with van der Waals surface area (Å²) in [4.78, 5) is 0. The first-order valence-corrected chi connectivity index (χ1v) is 6.44. The highest BCUT2D eigenvalue weighted by atomic mass is 79.9. The molecule has 1 aromatic rings. The number of benzene rings is 1. The molecule has 0 saturated heterocycles. The van der Waals surface area contributed by atoms with Crippen molar-refractivity contribution in [2.24, 2.45) is 0 Å². The predicted molar refractivity (Wildman–Crippen MR) is 67.9 cm³/mol. The lowest BCUT2D eigenvalue weighted by Crippen LogP contribution is -2.29. The third-order valence-electron chi connectivity index (χ3n) is 3.06. The molecular formula is C13H15BrN2. The molecule has 16 heavy (non-hydrogen) atoms. The van der Waals surface area contributed by atoms with Gasteiger partial charge in [-0.25, -0.2) is 0 Å². The van der Waals surface area contributed by atoms with Gasteiger partial charge in [0.25, 0.3) is 0 Å². The number of unbranched alkanes of at least 4 members (excludes halogenated alkanes) is 1. The first-order valence-electron chi connectivity index (χ1n) is 5.65. The molecular weight excluding hydrogens is 264 g/mol. The van der Waals surface area contributed by atoms with Gasteiger partial charge in [-0.15, -0.1) is 0 Å². The molecule has 0 bridgehead atoms. The highest BCUT2D eigenvalue weighted by molar-refractivity contribution is 9.10. The monoisotopic (exact) mass is 278 g/mol. The van der Waals surface area contributed by atoms with Crippen LogP contribution in [-0.4, -0.2) is 6.54 Å².